The van der Waals surface area contributed by atoms with Crippen molar-refractivity contribution in [3.8, 4) is 11.5 Å². The molecule has 4 rings (SSSR count). The number of benzene rings is 3. The van der Waals surface area contributed by atoms with Crippen LogP contribution in [-0.2, 0) is 6.61 Å². The molecule has 0 radical (unpaired) electrons. The number of H-pyrrole nitrogens is 1. The van der Waals surface area contributed by atoms with Gasteiger partial charge in [0.15, 0.2) is 11.5 Å². The molecule has 0 spiro atoms. The maximum Gasteiger partial charge on any atom is 0.349 e. The van der Waals surface area contributed by atoms with E-state index in [1.165, 1.54) is 6.21 Å². The standard InChI is InChI=1S/C24H17Br4N3O4/c1-2-34-19-9-14(11-29-31-23(32)16-5-3-4-6-18(16)30-24(31)33)20(27)21(28)22(19)35-12-13-7-8-15(25)10-17(13)26/h3-11H,2,12H2,1H3,(H,30,33). The van der Waals surface area contributed by atoms with Gasteiger partial charge in [-0.05, 0) is 69.1 Å². The van der Waals surface area contributed by atoms with Crippen molar-refractivity contribution in [3.05, 3.63) is 98.4 Å². The number of nitrogens with one attached hydrogen (secondary N) is 1. The van der Waals surface area contributed by atoms with Crippen LogP contribution in [0, 0.1) is 0 Å². The number of fused-ring (bicyclic) bond motifs is 1. The minimum Gasteiger partial charge on any atom is -0.490 e. The molecule has 0 aliphatic carbocycles. The van der Waals surface area contributed by atoms with Crippen LogP contribution in [0.5, 0.6) is 11.5 Å². The molecule has 0 saturated carbocycles. The molecule has 3 aromatic carbocycles. The number of nitrogens with zero attached hydrogens (tertiary/aromatic N) is 2. The molecule has 11 heteroatoms. The molecule has 0 atom stereocenters. The Kier molecular flexibility index (Phi) is 8.31. The van der Waals surface area contributed by atoms with Gasteiger partial charge in [0.05, 0.1) is 28.2 Å². The van der Waals surface area contributed by atoms with E-state index in [2.05, 4.69) is 73.8 Å². The Balaban J connectivity index is 1.70. The lowest BCUT2D eigenvalue weighted by Crippen LogP contribution is -2.32. The fraction of sp³-hybridized carbons (Fsp3) is 0.125. The molecule has 0 amide bonds. The Morgan fingerprint density at radius 2 is 1.77 bits per heavy atom. The highest BCUT2D eigenvalue weighted by Gasteiger charge is 2.18. The van der Waals surface area contributed by atoms with E-state index in [0.29, 0.717) is 50.1 Å². The van der Waals surface area contributed by atoms with Crippen LogP contribution >= 0.6 is 63.7 Å². The normalized spacial score (nSPS) is 11.3. The Labute approximate surface area is 233 Å². The molecule has 0 saturated heterocycles. The lowest BCUT2D eigenvalue weighted by molar-refractivity contribution is 0.267. The second-order valence-corrected chi connectivity index (χ2v) is 10.6. The van der Waals surface area contributed by atoms with Crippen LogP contribution in [0.15, 0.2) is 81.1 Å². The van der Waals surface area contributed by atoms with Crippen LogP contribution in [-0.4, -0.2) is 22.5 Å². The van der Waals surface area contributed by atoms with Gasteiger partial charge in [0.1, 0.15) is 6.61 Å². The molecule has 0 fully saturated rings. The maximum atomic E-state index is 12.8. The summed E-state index contributed by atoms with van der Waals surface area (Å²) in [5.74, 6) is 0.989. The first-order valence-electron chi connectivity index (χ1n) is 10.3. The molecular weight excluding hydrogens is 714 g/mol. The largest absolute Gasteiger partial charge is 0.490 e. The van der Waals surface area contributed by atoms with Gasteiger partial charge in [-0.3, -0.25) is 4.79 Å². The Morgan fingerprint density at radius 3 is 2.51 bits per heavy atom. The van der Waals surface area contributed by atoms with E-state index in [9.17, 15) is 9.59 Å². The minimum atomic E-state index is -0.634. The fourth-order valence-electron chi connectivity index (χ4n) is 3.26. The summed E-state index contributed by atoms with van der Waals surface area (Å²) in [4.78, 5) is 27.9. The van der Waals surface area contributed by atoms with Gasteiger partial charge < -0.3 is 14.5 Å². The minimum absolute atomic E-state index is 0.300. The van der Waals surface area contributed by atoms with Gasteiger partial charge in [-0.25, -0.2) is 4.79 Å². The van der Waals surface area contributed by atoms with Crippen LogP contribution in [0.3, 0.4) is 0 Å². The summed E-state index contributed by atoms with van der Waals surface area (Å²) < 4.78 is 15.8. The fourth-order valence-corrected chi connectivity index (χ4v) is 5.36. The highest BCUT2D eigenvalue weighted by atomic mass is 79.9. The molecule has 0 aliphatic heterocycles. The van der Waals surface area contributed by atoms with E-state index < -0.39 is 11.2 Å². The van der Waals surface area contributed by atoms with Crippen molar-refractivity contribution in [1.29, 1.82) is 0 Å². The van der Waals surface area contributed by atoms with Gasteiger partial charge in [0.2, 0.25) is 0 Å². The summed E-state index contributed by atoms with van der Waals surface area (Å²) in [6.45, 7) is 2.58. The van der Waals surface area contributed by atoms with Crippen LogP contribution < -0.4 is 20.7 Å². The van der Waals surface area contributed by atoms with E-state index >= 15 is 0 Å². The Morgan fingerprint density at radius 1 is 1.00 bits per heavy atom. The summed E-state index contributed by atoms with van der Waals surface area (Å²) in [6.07, 6.45) is 1.41. The predicted molar refractivity (Wildman–Crippen MR) is 151 cm³/mol. The number of aromatic nitrogens is 2. The first-order chi connectivity index (χ1) is 16.8. The average Bonchev–Trinajstić information content (AvgIpc) is 2.83. The Hall–Kier alpha value is -2.21. The third-order valence-electron chi connectivity index (χ3n) is 4.94. The molecule has 0 bridgehead atoms. The second kappa shape index (κ2) is 11.2. The van der Waals surface area contributed by atoms with E-state index in [1.807, 2.05) is 25.1 Å². The van der Waals surface area contributed by atoms with Gasteiger partial charge >= 0.3 is 5.69 Å². The van der Waals surface area contributed by atoms with Crippen LogP contribution in [0.2, 0.25) is 0 Å². The van der Waals surface area contributed by atoms with Crippen LogP contribution in [0.25, 0.3) is 10.9 Å². The zero-order valence-corrected chi connectivity index (χ0v) is 24.5. The summed E-state index contributed by atoms with van der Waals surface area (Å²) in [6, 6.07) is 14.3. The number of para-hydroxylation sites is 1. The number of aromatic amines is 1. The highest BCUT2D eigenvalue weighted by molar-refractivity contribution is 9.13. The third-order valence-corrected chi connectivity index (χ3v) is 8.31. The molecule has 1 aromatic heterocycles. The summed E-state index contributed by atoms with van der Waals surface area (Å²) in [7, 11) is 0. The Bertz CT molecular complexity index is 1560. The number of halogens is 4. The van der Waals surface area contributed by atoms with Gasteiger partial charge in [-0.2, -0.15) is 5.10 Å². The molecule has 7 nitrogen and oxygen atoms in total. The first-order valence-corrected chi connectivity index (χ1v) is 13.5. The van der Waals surface area contributed by atoms with Crippen molar-refractivity contribution >= 4 is 80.8 Å². The van der Waals surface area contributed by atoms with Gasteiger partial charge in [0.25, 0.3) is 5.56 Å². The van der Waals surface area contributed by atoms with E-state index in [4.69, 9.17) is 9.47 Å². The van der Waals surface area contributed by atoms with Crippen molar-refractivity contribution in [2.45, 2.75) is 13.5 Å². The second-order valence-electron chi connectivity index (χ2n) is 7.22. The van der Waals surface area contributed by atoms with E-state index in [0.717, 1.165) is 19.2 Å². The first kappa shape index (κ1) is 25.9. The molecule has 0 unspecified atom stereocenters. The van der Waals surface area contributed by atoms with Crippen molar-refractivity contribution < 1.29 is 9.47 Å². The average molecular weight is 731 g/mol. The topological polar surface area (TPSA) is 85.7 Å². The highest BCUT2D eigenvalue weighted by Crippen LogP contribution is 2.43. The number of rotatable bonds is 7. The number of ether oxygens (including phenoxy) is 2. The molecule has 35 heavy (non-hydrogen) atoms. The lowest BCUT2D eigenvalue weighted by Gasteiger charge is -2.17. The number of hydrogen-bond donors (Lipinski definition) is 1. The molecule has 4 aromatic rings. The SMILES string of the molecule is CCOc1cc(C=Nn2c(=O)[nH]c3ccccc3c2=O)c(Br)c(Br)c1OCc1ccc(Br)cc1Br. The lowest BCUT2D eigenvalue weighted by atomic mass is 10.2. The predicted octanol–water partition coefficient (Wildman–Crippen LogP) is 6.60. The van der Waals surface area contributed by atoms with Gasteiger partial charge in [-0.1, -0.05) is 50.1 Å². The van der Waals surface area contributed by atoms with Crippen molar-refractivity contribution in [3.63, 3.8) is 0 Å². The maximum absolute atomic E-state index is 12.8. The molecule has 0 aliphatic rings. The van der Waals surface area contributed by atoms with Gasteiger partial charge in [-0.15, -0.1) is 4.68 Å². The summed E-state index contributed by atoms with van der Waals surface area (Å²) >= 11 is 14.1. The zero-order chi connectivity index (χ0) is 25.1. The van der Waals surface area contributed by atoms with Gasteiger partial charge in [0, 0.05) is 24.5 Å². The summed E-state index contributed by atoms with van der Waals surface area (Å²) in [5, 5.41) is 4.51. The van der Waals surface area contributed by atoms with Crippen molar-refractivity contribution in [2.24, 2.45) is 5.10 Å². The van der Waals surface area contributed by atoms with Crippen molar-refractivity contribution in [2.75, 3.05) is 6.61 Å². The summed E-state index contributed by atoms with van der Waals surface area (Å²) in [5.41, 5.74) is 0.845. The smallest absolute Gasteiger partial charge is 0.349 e. The number of hydrogen-bond acceptors (Lipinski definition) is 5. The van der Waals surface area contributed by atoms with Crippen LogP contribution in [0.4, 0.5) is 0 Å². The zero-order valence-electron chi connectivity index (χ0n) is 18.1. The van der Waals surface area contributed by atoms with Crippen molar-refractivity contribution in [1.82, 2.24) is 9.66 Å². The quantitative estimate of drug-likeness (QED) is 0.217. The van der Waals surface area contributed by atoms with Crippen LogP contribution in [0.1, 0.15) is 18.1 Å². The third kappa shape index (κ3) is 5.63. The molecule has 1 heterocycles. The molecule has 180 valence electrons. The van der Waals surface area contributed by atoms with E-state index in [-0.39, 0.29) is 0 Å². The monoisotopic (exact) mass is 727 g/mol. The molecular formula is C24H17Br4N3O4. The van der Waals surface area contributed by atoms with E-state index in [1.54, 1.807) is 30.3 Å². The molecule has 1 N–H and O–H groups in total.